The van der Waals surface area contributed by atoms with Gasteiger partial charge < -0.3 is 14.8 Å². The number of amides is 1. The van der Waals surface area contributed by atoms with Crippen LogP contribution < -0.4 is 5.32 Å². The van der Waals surface area contributed by atoms with E-state index in [4.69, 9.17) is 9.52 Å². The maximum absolute atomic E-state index is 12.7. The Balaban J connectivity index is 2.37. The van der Waals surface area contributed by atoms with E-state index in [2.05, 4.69) is 5.32 Å². The lowest BCUT2D eigenvalue weighted by Crippen LogP contribution is -2.14. The molecule has 0 fully saturated rings. The summed E-state index contributed by atoms with van der Waals surface area (Å²) in [5.74, 6) is -2.42. The quantitative estimate of drug-likeness (QED) is 0.911. The molecule has 2 N–H and O–H groups in total. The molecule has 21 heavy (non-hydrogen) atoms. The van der Waals surface area contributed by atoms with Gasteiger partial charge in [-0.05, 0) is 30.3 Å². The van der Waals surface area contributed by atoms with Gasteiger partial charge in [-0.1, -0.05) is 0 Å². The minimum Gasteiger partial charge on any atom is -0.478 e. The summed E-state index contributed by atoms with van der Waals surface area (Å²) in [6, 6.07) is 4.82. The van der Waals surface area contributed by atoms with Crippen LogP contribution in [-0.4, -0.2) is 17.0 Å². The Hall–Kier alpha value is -2.77. The van der Waals surface area contributed by atoms with E-state index in [0.29, 0.717) is 12.1 Å². The summed E-state index contributed by atoms with van der Waals surface area (Å²) in [5.41, 5.74) is -2.04. The second-order valence-electron chi connectivity index (χ2n) is 4.03. The van der Waals surface area contributed by atoms with Crippen molar-refractivity contribution in [2.45, 2.75) is 6.18 Å². The van der Waals surface area contributed by atoms with Crippen LogP contribution in [0.4, 0.5) is 18.9 Å². The maximum atomic E-state index is 12.7. The number of hydrogen-bond donors (Lipinski definition) is 2. The topological polar surface area (TPSA) is 79.5 Å². The minimum absolute atomic E-state index is 0.107. The smallest absolute Gasteiger partial charge is 0.416 e. The first-order valence-electron chi connectivity index (χ1n) is 5.58. The van der Waals surface area contributed by atoms with Crippen LogP contribution in [0.3, 0.4) is 0 Å². The van der Waals surface area contributed by atoms with E-state index in [9.17, 15) is 22.8 Å². The summed E-state index contributed by atoms with van der Waals surface area (Å²) in [4.78, 5) is 22.5. The second-order valence-corrected chi connectivity index (χ2v) is 4.03. The largest absolute Gasteiger partial charge is 0.478 e. The zero-order valence-electron chi connectivity index (χ0n) is 10.3. The third-order valence-electron chi connectivity index (χ3n) is 2.51. The Morgan fingerprint density at radius 2 is 1.90 bits per heavy atom. The van der Waals surface area contributed by atoms with Gasteiger partial charge in [0.25, 0.3) is 5.91 Å². The monoisotopic (exact) mass is 299 g/mol. The van der Waals surface area contributed by atoms with Crippen LogP contribution in [-0.2, 0) is 6.18 Å². The fraction of sp³-hybridized carbons (Fsp3) is 0.0769. The van der Waals surface area contributed by atoms with Crippen molar-refractivity contribution in [3.63, 3.8) is 0 Å². The fourth-order valence-electron chi connectivity index (χ4n) is 1.59. The van der Waals surface area contributed by atoms with Gasteiger partial charge in [-0.2, -0.15) is 13.2 Å². The number of rotatable bonds is 3. The van der Waals surface area contributed by atoms with Crippen LogP contribution >= 0.6 is 0 Å². The molecular formula is C13H8F3NO4. The zero-order chi connectivity index (χ0) is 15.6. The van der Waals surface area contributed by atoms with E-state index in [-0.39, 0.29) is 11.4 Å². The molecular weight excluding hydrogens is 291 g/mol. The first kappa shape index (κ1) is 14.6. The van der Waals surface area contributed by atoms with E-state index in [1.54, 1.807) is 0 Å². The molecule has 0 atom stereocenters. The molecule has 5 nitrogen and oxygen atoms in total. The van der Waals surface area contributed by atoms with Crippen LogP contribution in [0.5, 0.6) is 0 Å². The van der Waals surface area contributed by atoms with E-state index in [1.807, 2.05) is 0 Å². The predicted octanol–water partition coefficient (Wildman–Crippen LogP) is 3.25. The number of alkyl halides is 3. The van der Waals surface area contributed by atoms with Gasteiger partial charge in [0.1, 0.15) is 0 Å². The molecule has 0 radical (unpaired) electrons. The van der Waals surface area contributed by atoms with Gasteiger partial charge in [-0.25, -0.2) is 4.79 Å². The third-order valence-corrected chi connectivity index (χ3v) is 2.51. The van der Waals surface area contributed by atoms with Crippen LogP contribution in [0.15, 0.2) is 41.0 Å². The first-order chi connectivity index (χ1) is 9.77. The highest BCUT2D eigenvalue weighted by atomic mass is 19.4. The number of carbonyl (C=O) groups excluding carboxylic acids is 1. The van der Waals surface area contributed by atoms with Crippen LogP contribution in [0.25, 0.3) is 0 Å². The number of carbonyl (C=O) groups is 2. The standard InChI is InChI=1S/C13H8F3NO4/c14-13(15,16)8-4-7(12(19)20)5-9(6-8)17-11(18)10-2-1-3-21-10/h1-6H,(H,17,18)(H,19,20). The molecule has 0 bridgehead atoms. The number of halogens is 3. The molecule has 8 heteroatoms. The molecule has 0 aliphatic carbocycles. The van der Waals surface area contributed by atoms with E-state index in [1.165, 1.54) is 18.4 Å². The SMILES string of the molecule is O=C(O)c1cc(NC(=O)c2ccco2)cc(C(F)(F)F)c1. The number of nitrogens with one attached hydrogen (secondary N) is 1. The first-order valence-corrected chi connectivity index (χ1v) is 5.58. The van der Waals surface area contributed by atoms with Crippen molar-refractivity contribution < 1.29 is 32.3 Å². The highest BCUT2D eigenvalue weighted by Crippen LogP contribution is 2.32. The van der Waals surface area contributed by atoms with Crippen molar-refractivity contribution in [3.05, 3.63) is 53.5 Å². The van der Waals surface area contributed by atoms with Gasteiger partial charge in [0.2, 0.25) is 0 Å². The maximum Gasteiger partial charge on any atom is 0.416 e. The average Bonchev–Trinajstić information content (AvgIpc) is 2.91. The van der Waals surface area contributed by atoms with E-state index < -0.39 is 29.2 Å². The van der Waals surface area contributed by atoms with Gasteiger partial charge in [0, 0.05) is 5.69 Å². The van der Waals surface area contributed by atoms with Gasteiger partial charge in [-0.3, -0.25) is 4.79 Å². The molecule has 0 aliphatic rings. The van der Waals surface area contributed by atoms with Crippen LogP contribution in [0, 0.1) is 0 Å². The van der Waals surface area contributed by atoms with Crippen molar-refractivity contribution in [2.24, 2.45) is 0 Å². The van der Waals surface area contributed by atoms with Crippen LogP contribution in [0.1, 0.15) is 26.5 Å². The van der Waals surface area contributed by atoms with E-state index in [0.717, 1.165) is 6.07 Å². The Bertz CT molecular complexity index is 677. The summed E-state index contributed by atoms with van der Waals surface area (Å²) in [5, 5.41) is 11.0. The molecule has 1 heterocycles. The summed E-state index contributed by atoms with van der Waals surface area (Å²) >= 11 is 0. The molecule has 1 aromatic heterocycles. The third kappa shape index (κ3) is 3.41. The van der Waals surface area contributed by atoms with E-state index >= 15 is 0 Å². The lowest BCUT2D eigenvalue weighted by Gasteiger charge is -2.11. The Kier molecular flexibility index (Phi) is 3.70. The van der Waals surface area contributed by atoms with Gasteiger partial charge in [0.05, 0.1) is 17.4 Å². The highest BCUT2D eigenvalue weighted by Gasteiger charge is 2.32. The number of benzene rings is 1. The second kappa shape index (κ2) is 5.31. The molecule has 0 spiro atoms. The van der Waals surface area contributed by atoms with Gasteiger partial charge >= 0.3 is 12.1 Å². The zero-order valence-corrected chi connectivity index (χ0v) is 10.3. The summed E-state index contributed by atoms with van der Waals surface area (Å²) in [6.45, 7) is 0. The number of furan rings is 1. The molecule has 1 amide bonds. The number of hydrogen-bond acceptors (Lipinski definition) is 3. The molecule has 0 saturated carbocycles. The number of carboxylic acid groups (broad SMARTS) is 1. The number of anilines is 1. The number of carboxylic acids is 1. The summed E-state index contributed by atoms with van der Waals surface area (Å²) in [6.07, 6.45) is -3.50. The Labute approximate surface area is 116 Å². The predicted molar refractivity (Wildman–Crippen MR) is 65.1 cm³/mol. The molecule has 2 aromatic rings. The van der Waals surface area contributed by atoms with Crippen molar-refractivity contribution >= 4 is 17.6 Å². The lowest BCUT2D eigenvalue weighted by molar-refractivity contribution is -0.137. The van der Waals surface area contributed by atoms with Crippen molar-refractivity contribution in [3.8, 4) is 0 Å². The Morgan fingerprint density at radius 3 is 2.43 bits per heavy atom. The number of aromatic carboxylic acids is 1. The minimum atomic E-state index is -4.73. The van der Waals surface area contributed by atoms with Gasteiger partial charge in [0.15, 0.2) is 5.76 Å². The van der Waals surface area contributed by atoms with Gasteiger partial charge in [-0.15, -0.1) is 0 Å². The molecule has 110 valence electrons. The van der Waals surface area contributed by atoms with Crippen LogP contribution in [0.2, 0.25) is 0 Å². The molecule has 0 saturated heterocycles. The van der Waals surface area contributed by atoms with Crippen molar-refractivity contribution in [2.75, 3.05) is 5.32 Å². The lowest BCUT2D eigenvalue weighted by atomic mass is 10.1. The van der Waals surface area contributed by atoms with Crippen molar-refractivity contribution in [1.82, 2.24) is 0 Å². The molecule has 2 rings (SSSR count). The van der Waals surface area contributed by atoms with Crippen molar-refractivity contribution in [1.29, 1.82) is 0 Å². The fourth-order valence-corrected chi connectivity index (χ4v) is 1.59. The molecule has 1 aromatic carbocycles. The summed E-state index contributed by atoms with van der Waals surface area (Å²) in [7, 11) is 0. The molecule has 0 unspecified atom stereocenters. The summed E-state index contributed by atoms with van der Waals surface area (Å²) < 4.78 is 42.9. The Morgan fingerprint density at radius 1 is 1.19 bits per heavy atom. The highest BCUT2D eigenvalue weighted by molar-refractivity contribution is 6.03. The normalized spacial score (nSPS) is 11.2. The average molecular weight is 299 g/mol. The molecule has 0 aliphatic heterocycles.